The molecule has 0 aromatic heterocycles. The Morgan fingerprint density at radius 3 is 2.39 bits per heavy atom. The van der Waals surface area contributed by atoms with Crippen LogP contribution in [0, 0.1) is 0 Å². The molecule has 0 bridgehead atoms. The molecule has 1 atom stereocenters. The van der Waals surface area contributed by atoms with Crippen molar-refractivity contribution < 1.29 is 0 Å². The fraction of sp³-hybridized carbons (Fsp3) is 0.625. The molecule has 18 heavy (non-hydrogen) atoms. The highest BCUT2D eigenvalue weighted by molar-refractivity contribution is 5.50. The van der Waals surface area contributed by atoms with E-state index < -0.39 is 0 Å². The van der Waals surface area contributed by atoms with Gasteiger partial charge in [0.1, 0.15) is 0 Å². The molecule has 100 valence electrons. The number of hydrogen-bond acceptors (Lipinski definition) is 2. The second kappa shape index (κ2) is 6.24. The molecule has 2 heteroatoms. The Morgan fingerprint density at radius 2 is 1.89 bits per heavy atom. The topological polar surface area (TPSA) is 29.3 Å². The molecule has 2 nitrogen and oxygen atoms in total. The van der Waals surface area contributed by atoms with Gasteiger partial charge in [0.2, 0.25) is 0 Å². The minimum absolute atomic E-state index is 0.184. The van der Waals surface area contributed by atoms with Crippen LogP contribution in [-0.2, 0) is 0 Å². The summed E-state index contributed by atoms with van der Waals surface area (Å²) in [5.41, 5.74) is 8.69. The van der Waals surface area contributed by atoms with Gasteiger partial charge in [-0.3, -0.25) is 0 Å². The van der Waals surface area contributed by atoms with Crippen molar-refractivity contribution in [3.05, 3.63) is 29.8 Å². The molecule has 1 aliphatic rings. The van der Waals surface area contributed by atoms with Gasteiger partial charge in [-0.05, 0) is 43.4 Å². The maximum Gasteiger partial charge on any atom is 0.0368 e. The average Bonchev–Trinajstić information content (AvgIpc) is 3.24. The van der Waals surface area contributed by atoms with E-state index in [0.29, 0.717) is 0 Å². The standard InChI is InChI=1S/C16H26N2/c1-3-5-12-18(15-10-11-15)14-8-6-13(7-9-14)16(17)4-2/h6-9,15-16H,3-5,10-12,17H2,1-2H3. The first kappa shape index (κ1) is 13.4. The molecule has 0 radical (unpaired) electrons. The van der Waals surface area contributed by atoms with Crippen molar-refractivity contribution in [3.8, 4) is 0 Å². The first-order valence-electron chi connectivity index (χ1n) is 7.38. The van der Waals surface area contributed by atoms with E-state index in [1.165, 1.54) is 43.5 Å². The number of anilines is 1. The molecule has 0 amide bonds. The molecular formula is C16H26N2. The second-order valence-electron chi connectivity index (χ2n) is 5.38. The summed E-state index contributed by atoms with van der Waals surface area (Å²) in [6, 6.07) is 9.87. The van der Waals surface area contributed by atoms with Crippen LogP contribution in [0.15, 0.2) is 24.3 Å². The third-order valence-electron chi connectivity index (χ3n) is 3.83. The maximum absolute atomic E-state index is 6.06. The predicted molar refractivity (Wildman–Crippen MR) is 78.9 cm³/mol. The summed E-state index contributed by atoms with van der Waals surface area (Å²) in [4.78, 5) is 2.57. The van der Waals surface area contributed by atoms with E-state index in [9.17, 15) is 0 Å². The van der Waals surface area contributed by atoms with Crippen LogP contribution >= 0.6 is 0 Å². The van der Waals surface area contributed by atoms with Gasteiger partial charge in [0, 0.05) is 24.3 Å². The molecule has 1 unspecified atom stereocenters. The first-order valence-corrected chi connectivity index (χ1v) is 7.38. The largest absolute Gasteiger partial charge is 0.369 e. The van der Waals surface area contributed by atoms with Crippen molar-refractivity contribution >= 4 is 5.69 Å². The molecular weight excluding hydrogens is 220 g/mol. The van der Waals surface area contributed by atoms with Crippen LogP contribution in [0.2, 0.25) is 0 Å². The van der Waals surface area contributed by atoms with Crippen molar-refractivity contribution in [2.24, 2.45) is 5.73 Å². The van der Waals surface area contributed by atoms with Gasteiger partial charge in [-0.1, -0.05) is 32.4 Å². The van der Waals surface area contributed by atoms with Crippen LogP contribution in [0.3, 0.4) is 0 Å². The lowest BCUT2D eigenvalue weighted by Crippen LogP contribution is -2.26. The Balaban J connectivity index is 2.05. The number of rotatable bonds is 7. The molecule has 1 saturated carbocycles. The van der Waals surface area contributed by atoms with E-state index >= 15 is 0 Å². The number of hydrogen-bond donors (Lipinski definition) is 1. The molecule has 1 aromatic carbocycles. The summed E-state index contributed by atoms with van der Waals surface area (Å²) in [6.07, 6.45) is 6.27. The molecule has 1 aromatic rings. The predicted octanol–water partition coefficient (Wildman–Crippen LogP) is 3.87. The van der Waals surface area contributed by atoms with Crippen molar-refractivity contribution in [1.82, 2.24) is 0 Å². The van der Waals surface area contributed by atoms with Crippen molar-refractivity contribution in [2.75, 3.05) is 11.4 Å². The van der Waals surface area contributed by atoms with Crippen LogP contribution in [0.1, 0.15) is 57.6 Å². The summed E-state index contributed by atoms with van der Waals surface area (Å²) in [5.74, 6) is 0. The zero-order valence-corrected chi connectivity index (χ0v) is 11.7. The number of nitrogens with two attached hydrogens (primary N) is 1. The van der Waals surface area contributed by atoms with Crippen LogP contribution < -0.4 is 10.6 Å². The lowest BCUT2D eigenvalue weighted by atomic mass is 10.0. The number of nitrogens with zero attached hydrogens (tertiary/aromatic N) is 1. The van der Waals surface area contributed by atoms with Crippen LogP contribution in [-0.4, -0.2) is 12.6 Å². The lowest BCUT2D eigenvalue weighted by molar-refractivity contribution is 0.695. The maximum atomic E-state index is 6.06. The Morgan fingerprint density at radius 1 is 1.22 bits per heavy atom. The Bertz CT molecular complexity index is 354. The Hall–Kier alpha value is -1.02. The van der Waals surface area contributed by atoms with Gasteiger partial charge >= 0.3 is 0 Å². The van der Waals surface area contributed by atoms with Gasteiger partial charge in [0.15, 0.2) is 0 Å². The monoisotopic (exact) mass is 246 g/mol. The van der Waals surface area contributed by atoms with Gasteiger partial charge in [-0.2, -0.15) is 0 Å². The summed E-state index contributed by atoms with van der Waals surface area (Å²) in [5, 5.41) is 0. The SMILES string of the molecule is CCCCN(c1ccc(C(N)CC)cc1)C1CC1. The second-order valence-corrected chi connectivity index (χ2v) is 5.38. The molecule has 2 rings (SSSR count). The zero-order valence-electron chi connectivity index (χ0n) is 11.7. The van der Waals surface area contributed by atoms with E-state index in [0.717, 1.165) is 12.5 Å². The highest BCUT2D eigenvalue weighted by Gasteiger charge is 2.28. The molecule has 1 aliphatic carbocycles. The average molecular weight is 246 g/mol. The van der Waals surface area contributed by atoms with Crippen LogP contribution in [0.5, 0.6) is 0 Å². The third kappa shape index (κ3) is 3.26. The van der Waals surface area contributed by atoms with E-state index in [1.54, 1.807) is 0 Å². The normalized spacial score (nSPS) is 16.6. The van der Waals surface area contributed by atoms with Gasteiger partial charge in [-0.25, -0.2) is 0 Å². The number of benzene rings is 1. The first-order chi connectivity index (χ1) is 8.76. The van der Waals surface area contributed by atoms with Crippen molar-refractivity contribution in [3.63, 3.8) is 0 Å². The fourth-order valence-corrected chi connectivity index (χ4v) is 2.39. The third-order valence-corrected chi connectivity index (χ3v) is 3.83. The Kier molecular flexibility index (Phi) is 4.65. The highest BCUT2D eigenvalue weighted by atomic mass is 15.2. The van der Waals surface area contributed by atoms with Gasteiger partial charge in [-0.15, -0.1) is 0 Å². The van der Waals surface area contributed by atoms with Gasteiger partial charge < -0.3 is 10.6 Å². The van der Waals surface area contributed by atoms with E-state index in [1.807, 2.05) is 0 Å². The molecule has 0 aliphatic heterocycles. The minimum atomic E-state index is 0.184. The summed E-state index contributed by atoms with van der Waals surface area (Å²) in [6.45, 7) is 5.59. The summed E-state index contributed by atoms with van der Waals surface area (Å²) < 4.78 is 0. The van der Waals surface area contributed by atoms with E-state index in [-0.39, 0.29) is 6.04 Å². The zero-order chi connectivity index (χ0) is 13.0. The molecule has 2 N–H and O–H groups in total. The minimum Gasteiger partial charge on any atom is -0.369 e. The van der Waals surface area contributed by atoms with Crippen LogP contribution in [0.25, 0.3) is 0 Å². The van der Waals surface area contributed by atoms with Crippen molar-refractivity contribution in [2.45, 2.75) is 58.0 Å². The molecule has 0 saturated heterocycles. The van der Waals surface area contributed by atoms with E-state index in [4.69, 9.17) is 5.73 Å². The fourth-order valence-electron chi connectivity index (χ4n) is 2.39. The number of unbranched alkanes of at least 4 members (excludes halogenated alkanes) is 1. The van der Waals surface area contributed by atoms with Gasteiger partial charge in [0.25, 0.3) is 0 Å². The Labute approximate surface area is 111 Å². The smallest absolute Gasteiger partial charge is 0.0368 e. The van der Waals surface area contributed by atoms with Crippen molar-refractivity contribution in [1.29, 1.82) is 0 Å². The molecule has 0 heterocycles. The van der Waals surface area contributed by atoms with Gasteiger partial charge in [0.05, 0.1) is 0 Å². The van der Waals surface area contributed by atoms with Crippen LogP contribution in [0.4, 0.5) is 5.69 Å². The highest BCUT2D eigenvalue weighted by Crippen LogP contribution is 2.32. The molecule has 1 fully saturated rings. The van der Waals surface area contributed by atoms with E-state index in [2.05, 4.69) is 43.0 Å². The molecule has 0 spiro atoms. The summed E-state index contributed by atoms with van der Waals surface area (Å²) in [7, 11) is 0. The summed E-state index contributed by atoms with van der Waals surface area (Å²) >= 11 is 0. The quantitative estimate of drug-likeness (QED) is 0.791. The lowest BCUT2D eigenvalue weighted by Gasteiger charge is -2.25.